The maximum absolute atomic E-state index is 12.8. The molecular formula is C18H30N2O5. The molecule has 0 aliphatic carbocycles. The largest absolute Gasteiger partial charge is 0.466 e. The van der Waals surface area contributed by atoms with Crippen LogP contribution in [0.5, 0.6) is 0 Å². The molecule has 0 aliphatic heterocycles. The number of methoxy groups -OCH3 is 2. The monoisotopic (exact) mass is 354 g/mol. The molecule has 1 aromatic heterocycles. The van der Waals surface area contributed by atoms with Gasteiger partial charge in [-0.15, -0.1) is 0 Å². The Kier molecular flexibility index (Phi) is 9.87. The molecule has 0 unspecified atom stereocenters. The van der Waals surface area contributed by atoms with Crippen molar-refractivity contribution < 1.29 is 23.5 Å². The number of aryl methyl sites for hydroxylation is 2. The molecule has 0 fully saturated rings. The van der Waals surface area contributed by atoms with Gasteiger partial charge in [-0.05, 0) is 32.8 Å². The van der Waals surface area contributed by atoms with Gasteiger partial charge in [0.25, 0.3) is 5.91 Å². The van der Waals surface area contributed by atoms with Crippen molar-refractivity contribution in [2.75, 3.05) is 47.1 Å². The fraction of sp³-hybridized carbons (Fsp3) is 0.667. The SMILES string of the molecule is COCCCNC(=O)CCN(CCCOC)C(=O)c1cc(C)oc1C. The number of nitrogens with one attached hydrogen (secondary N) is 1. The van der Waals surface area contributed by atoms with E-state index in [1.165, 1.54) is 0 Å². The molecule has 1 heterocycles. The summed E-state index contributed by atoms with van der Waals surface area (Å²) in [5.41, 5.74) is 0.551. The Morgan fingerprint density at radius 1 is 1.12 bits per heavy atom. The van der Waals surface area contributed by atoms with E-state index >= 15 is 0 Å². The summed E-state index contributed by atoms with van der Waals surface area (Å²) in [6, 6.07) is 1.74. The Balaban J connectivity index is 2.59. The first-order valence-corrected chi connectivity index (χ1v) is 8.60. The number of furan rings is 1. The van der Waals surface area contributed by atoms with Crippen LogP contribution in [0.15, 0.2) is 10.5 Å². The van der Waals surface area contributed by atoms with Crippen LogP contribution in [-0.4, -0.2) is 63.8 Å². The number of hydrogen-bond acceptors (Lipinski definition) is 5. The van der Waals surface area contributed by atoms with E-state index in [-0.39, 0.29) is 18.2 Å². The van der Waals surface area contributed by atoms with Crippen LogP contribution in [0.4, 0.5) is 0 Å². The van der Waals surface area contributed by atoms with Gasteiger partial charge in [0.05, 0.1) is 5.56 Å². The van der Waals surface area contributed by atoms with Gasteiger partial charge in [0.1, 0.15) is 11.5 Å². The average molecular weight is 354 g/mol. The van der Waals surface area contributed by atoms with Gasteiger partial charge in [0, 0.05) is 53.5 Å². The van der Waals surface area contributed by atoms with Crippen molar-refractivity contribution in [3.63, 3.8) is 0 Å². The number of carbonyl (C=O) groups is 2. The van der Waals surface area contributed by atoms with Crippen LogP contribution in [0.2, 0.25) is 0 Å². The van der Waals surface area contributed by atoms with Gasteiger partial charge in [0.15, 0.2) is 0 Å². The summed E-state index contributed by atoms with van der Waals surface area (Å²) in [5, 5.41) is 2.83. The van der Waals surface area contributed by atoms with E-state index in [0.717, 1.165) is 6.42 Å². The lowest BCUT2D eigenvalue weighted by atomic mass is 10.2. The molecule has 7 heteroatoms. The molecule has 0 aromatic carbocycles. The van der Waals surface area contributed by atoms with Gasteiger partial charge in [-0.2, -0.15) is 0 Å². The number of ether oxygens (including phenoxy) is 2. The zero-order valence-corrected chi connectivity index (χ0v) is 15.7. The second-order valence-corrected chi connectivity index (χ2v) is 5.91. The lowest BCUT2D eigenvalue weighted by Gasteiger charge is -2.22. The molecule has 0 atom stereocenters. The molecule has 0 bridgehead atoms. The van der Waals surface area contributed by atoms with E-state index in [1.54, 1.807) is 32.1 Å². The van der Waals surface area contributed by atoms with E-state index in [1.807, 2.05) is 6.92 Å². The van der Waals surface area contributed by atoms with Crippen LogP contribution in [0.1, 0.15) is 41.1 Å². The molecule has 1 rings (SSSR count). The van der Waals surface area contributed by atoms with E-state index in [4.69, 9.17) is 13.9 Å². The Morgan fingerprint density at radius 3 is 2.40 bits per heavy atom. The van der Waals surface area contributed by atoms with Gasteiger partial charge in [-0.3, -0.25) is 9.59 Å². The molecule has 25 heavy (non-hydrogen) atoms. The molecule has 7 nitrogen and oxygen atoms in total. The first-order valence-electron chi connectivity index (χ1n) is 8.60. The molecule has 1 aromatic rings. The molecule has 0 aliphatic rings. The third-order valence-electron chi connectivity index (χ3n) is 3.79. The van der Waals surface area contributed by atoms with Crippen molar-refractivity contribution in [3.8, 4) is 0 Å². The van der Waals surface area contributed by atoms with E-state index in [9.17, 15) is 9.59 Å². The Morgan fingerprint density at radius 2 is 1.80 bits per heavy atom. The highest BCUT2D eigenvalue weighted by Crippen LogP contribution is 2.16. The second-order valence-electron chi connectivity index (χ2n) is 5.91. The minimum absolute atomic E-state index is 0.0688. The van der Waals surface area contributed by atoms with Crippen molar-refractivity contribution in [2.45, 2.75) is 33.1 Å². The van der Waals surface area contributed by atoms with Crippen LogP contribution < -0.4 is 5.32 Å². The summed E-state index contributed by atoms with van der Waals surface area (Å²) in [4.78, 5) is 26.4. The lowest BCUT2D eigenvalue weighted by molar-refractivity contribution is -0.121. The Labute approximate surface area is 149 Å². The highest BCUT2D eigenvalue weighted by atomic mass is 16.5. The van der Waals surface area contributed by atoms with E-state index < -0.39 is 0 Å². The van der Waals surface area contributed by atoms with Gasteiger partial charge >= 0.3 is 0 Å². The number of nitrogens with zero attached hydrogens (tertiary/aromatic N) is 1. The standard InChI is InChI=1S/C18H30N2O5/c1-14-13-16(15(2)25-14)18(22)20(9-6-12-24-4)10-7-17(21)19-8-5-11-23-3/h13H,5-12H2,1-4H3,(H,19,21). The molecule has 142 valence electrons. The first-order chi connectivity index (χ1) is 12.0. The number of rotatable bonds is 12. The van der Waals surface area contributed by atoms with Crippen LogP contribution in [0, 0.1) is 13.8 Å². The quantitative estimate of drug-likeness (QED) is 0.580. The Hall–Kier alpha value is -1.86. The molecule has 2 amide bonds. The number of carbonyl (C=O) groups excluding carboxylic acids is 2. The van der Waals surface area contributed by atoms with Gasteiger partial charge in [-0.1, -0.05) is 0 Å². The lowest BCUT2D eigenvalue weighted by Crippen LogP contribution is -2.36. The first kappa shape index (κ1) is 21.2. The van der Waals surface area contributed by atoms with Gasteiger partial charge in [-0.25, -0.2) is 0 Å². The zero-order chi connectivity index (χ0) is 18.7. The van der Waals surface area contributed by atoms with E-state index in [2.05, 4.69) is 5.32 Å². The summed E-state index contributed by atoms with van der Waals surface area (Å²) in [7, 11) is 3.26. The Bertz CT molecular complexity index is 542. The molecule has 1 N–H and O–H groups in total. The molecule has 0 radical (unpaired) electrons. The molecule has 0 spiro atoms. The predicted octanol–water partition coefficient (Wildman–Crippen LogP) is 1.92. The fourth-order valence-electron chi connectivity index (χ4n) is 2.50. The normalized spacial score (nSPS) is 10.7. The van der Waals surface area contributed by atoms with Crippen molar-refractivity contribution in [3.05, 3.63) is 23.2 Å². The minimum Gasteiger partial charge on any atom is -0.466 e. The molecule has 0 saturated heterocycles. The van der Waals surface area contributed by atoms with Crippen LogP contribution in [0.25, 0.3) is 0 Å². The number of hydrogen-bond donors (Lipinski definition) is 1. The summed E-state index contributed by atoms with van der Waals surface area (Å²) in [6.07, 6.45) is 1.75. The van der Waals surface area contributed by atoms with Crippen molar-refractivity contribution in [1.82, 2.24) is 10.2 Å². The summed E-state index contributed by atoms with van der Waals surface area (Å²) in [5.74, 6) is 1.12. The highest BCUT2D eigenvalue weighted by Gasteiger charge is 2.21. The van der Waals surface area contributed by atoms with Crippen LogP contribution >= 0.6 is 0 Å². The van der Waals surface area contributed by atoms with Crippen molar-refractivity contribution >= 4 is 11.8 Å². The maximum atomic E-state index is 12.8. The molecule has 0 saturated carbocycles. The third kappa shape index (κ3) is 7.70. The fourth-order valence-corrected chi connectivity index (χ4v) is 2.50. The van der Waals surface area contributed by atoms with Gasteiger partial charge < -0.3 is 24.1 Å². The third-order valence-corrected chi connectivity index (χ3v) is 3.79. The maximum Gasteiger partial charge on any atom is 0.257 e. The highest BCUT2D eigenvalue weighted by molar-refractivity contribution is 5.95. The van der Waals surface area contributed by atoms with Crippen LogP contribution in [-0.2, 0) is 14.3 Å². The zero-order valence-electron chi connectivity index (χ0n) is 15.7. The van der Waals surface area contributed by atoms with E-state index in [0.29, 0.717) is 56.4 Å². The number of amides is 2. The summed E-state index contributed by atoms with van der Waals surface area (Å²) < 4.78 is 15.5. The predicted molar refractivity (Wildman–Crippen MR) is 94.7 cm³/mol. The van der Waals surface area contributed by atoms with Gasteiger partial charge in [0.2, 0.25) is 5.91 Å². The van der Waals surface area contributed by atoms with Crippen LogP contribution in [0.3, 0.4) is 0 Å². The second kappa shape index (κ2) is 11.7. The smallest absolute Gasteiger partial charge is 0.257 e. The minimum atomic E-state index is -0.113. The molecular weight excluding hydrogens is 324 g/mol. The summed E-state index contributed by atoms with van der Waals surface area (Å²) >= 11 is 0. The average Bonchev–Trinajstić information content (AvgIpc) is 2.92. The summed E-state index contributed by atoms with van der Waals surface area (Å²) in [6.45, 7) is 6.24. The van der Waals surface area contributed by atoms with Crippen molar-refractivity contribution in [2.24, 2.45) is 0 Å². The topological polar surface area (TPSA) is 81.0 Å². The van der Waals surface area contributed by atoms with Crippen molar-refractivity contribution in [1.29, 1.82) is 0 Å².